The summed E-state index contributed by atoms with van der Waals surface area (Å²) in [4.78, 5) is 4.19. The number of anilines is 1. The van der Waals surface area contributed by atoms with Crippen molar-refractivity contribution in [2.24, 2.45) is 5.73 Å². The van der Waals surface area contributed by atoms with Gasteiger partial charge in [0, 0.05) is 12.2 Å². The van der Waals surface area contributed by atoms with Crippen LogP contribution in [0.15, 0.2) is 6.07 Å². The van der Waals surface area contributed by atoms with Crippen molar-refractivity contribution in [1.29, 1.82) is 0 Å². The number of hydrogen-bond donors (Lipinski definition) is 2. The Balaban J connectivity index is 3.29. The Hall–Kier alpha value is -1.09. The van der Waals surface area contributed by atoms with Crippen molar-refractivity contribution in [2.75, 3.05) is 5.73 Å². The second-order valence-electron chi connectivity index (χ2n) is 3.56. The molecule has 0 amide bonds. The van der Waals surface area contributed by atoms with E-state index in [1.54, 1.807) is 0 Å². The van der Waals surface area contributed by atoms with Gasteiger partial charge in [-0.15, -0.1) is 0 Å². The quantitative estimate of drug-likeness (QED) is 0.724. The van der Waals surface area contributed by atoms with Crippen LogP contribution in [0.4, 0.5) is 5.82 Å². The molecular weight excluding hydrogens is 162 g/mol. The molecule has 0 aliphatic carbocycles. The number of aryl methyl sites for hydroxylation is 1. The van der Waals surface area contributed by atoms with Gasteiger partial charge in [-0.2, -0.15) is 0 Å². The lowest BCUT2D eigenvalue weighted by Gasteiger charge is -2.14. The largest absolute Gasteiger partial charge is 0.384 e. The van der Waals surface area contributed by atoms with Gasteiger partial charge >= 0.3 is 0 Å². The van der Waals surface area contributed by atoms with Crippen LogP contribution in [0.1, 0.15) is 36.6 Å². The molecule has 0 aliphatic heterocycles. The third kappa shape index (κ3) is 1.98. The summed E-state index contributed by atoms with van der Waals surface area (Å²) in [6, 6.07) is 1.92. The molecule has 1 rings (SSSR count). The average Bonchev–Trinajstić information content (AvgIpc) is 2.02. The fraction of sp³-hybridized carbons (Fsp3) is 0.500. The second kappa shape index (κ2) is 3.75. The molecule has 0 saturated carbocycles. The van der Waals surface area contributed by atoms with Gasteiger partial charge in [-0.05, 0) is 30.0 Å². The molecule has 1 aromatic heterocycles. The van der Waals surface area contributed by atoms with E-state index in [-0.39, 0.29) is 0 Å². The van der Waals surface area contributed by atoms with Crippen LogP contribution in [0.2, 0.25) is 0 Å². The van der Waals surface area contributed by atoms with E-state index in [9.17, 15) is 0 Å². The SMILES string of the molecule is Cc1nc(N)cc(C(C)C)c1CN. The summed E-state index contributed by atoms with van der Waals surface area (Å²) in [6.07, 6.45) is 0. The maximum absolute atomic E-state index is 5.67. The predicted octanol–water partition coefficient (Wildman–Crippen LogP) is 1.55. The van der Waals surface area contributed by atoms with Gasteiger partial charge in [-0.25, -0.2) is 4.98 Å². The van der Waals surface area contributed by atoms with E-state index in [0.29, 0.717) is 18.3 Å². The zero-order valence-electron chi connectivity index (χ0n) is 8.46. The third-order valence-corrected chi connectivity index (χ3v) is 2.21. The van der Waals surface area contributed by atoms with Crippen LogP contribution >= 0.6 is 0 Å². The summed E-state index contributed by atoms with van der Waals surface area (Å²) in [7, 11) is 0. The topological polar surface area (TPSA) is 64.9 Å². The third-order valence-electron chi connectivity index (χ3n) is 2.21. The van der Waals surface area contributed by atoms with Gasteiger partial charge in [-0.3, -0.25) is 0 Å². The van der Waals surface area contributed by atoms with E-state index < -0.39 is 0 Å². The maximum Gasteiger partial charge on any atom is 0.123 e. The molecule has 0 radical (unpaired) electrons. The van der Waals surface area contributed by atoms with Crippen LogP contribution in [0.25, 0.3) is 0 Å². The van der Waals surface area contributed by atoms with E-state index in [1.807, 2.05) is 13.0 Å². The van der Waals surface area contributed by atoms with Crippen molar-refractivity contribution in [3.63, 3.8) is 0 Å². The van der Waals surface area contributed by atoms with Crippen molar-refractivity contribution in [2.45, 2.75) is 33.2 Å². The first-order valence-electron chi connectivity index (χ1n) is 4.52. The highest BCUT2D eigenvalue weighted by Gasteiger charge is 2.09. The van der Waals surface area contributed by atoms with Crippen molar-refractivity contribution in [3.8, 4) is 0 Å². The van der Waals surface area contributed by atoms with E-state index in [0.717, 1.165) is 11.3 Å². The lowest BCUT2D eigenvalue weighted by Crippen LogP contribution is -2.08. The molecule has 13 heavy (non-hydrogen) atoms. The van der Waals surface area contributed by atoms with E-state index >= 15 is 0 Å². The summed E-state index contributed by atoms with van der Waals surface area (Å²) < 4.78 is 0. The first kappa shape index (κ1) is 9.99. The highest BCUT2D eigenvalue weighted by atomic mass is 14.8. The Bertz CT molecular complexity index is 305. The molecule has 0 saturated heterocycles. The highest BCUT2D eigenvalue weighted by molar-refractivity contribution is 5.42. The molecule has 1 aromatic rings. The maximum atomic E-state index is 5.67. The molecule has 0 unspecified atom stereocenters. The van der Waals surface area contributed by atoms with Crippen LogP contribution in [0.3, 0.4) is 0 Å². The van der Waals surface area contributed by atoms with Crippen LogP contribution in [0, 0.1) is 6.92 Å². The molecule has 72 valence electrons. The van der Waals surface area contributed by atoms with Crippen molar-refractivity contribution in [3.05, 3.63) is 22.9 Å². The molecule has 4 N–H and O–H groups in total. The van der Waals surface area contributed by atoms with Crippen LogP contribution in [-0.4, -0.2) is 4.98 Å². The zero-order valence-corrected chi connectivity index (χ0v) is 8.46. The minimum absolute atomic E-state index is 0.447. The van der Waals surface area contributed by atoms with E-state index in [4.69, 9.17) is 11.5 Å². The lowest BCUT2D eigenvalue weighted by atomic mass is 9.97. The number of nitrogens with two attached hydrogens (primary N) is 2. The van der Waals surface area contributed by atoms with Gasteiger partial charge in [-0.1, -0.05) is 13.8 Å². The number of rotatable bonds is 2. The molecule has 1 heterocycles. The first-order valence-corrected chi connectivity index (χ1v) is 4.52. The molecule has 3 heteroatoms. The van der Waals surface area contributed by atoms with Crippen molar-refractivity contribution >= 4 is 5.82 Å². The highest BCUT2D eigenvalue weighted by Crippen LogP contribution is 2.22. The van der Waals surface area contributed by atoms with Gasteiger partial charge in [0.15, 0.2) is 0 Å². The normalized spacial score (nSPS) is 10.8. The molecule has 0 atom stereocenters. The lowest BCUT2D eigenvalue weighted by molar-refractivity contribution is 0.827. The second-order valence-corrected chi connectivity index (χ2v) is 3.56. The molecule has 0 fully saturated rings. The van der Waals surface area contributed by atoms with Crippen molar-refractivity contribution < 1.29 is 0 Å². The number of hydrogen-bond acceptors (Lipinski definition) is 3. The Labute approximate surface area is 79.2 Å². The van der Waals surface area contributed by atoms with Gasteiger partial charge < -0.3 is 11.5 Å². The Morgan fingerprint density at radius 3 is 2.54 bits per heavy atom. The summed E-state index contributed by atoms with van der Waals surface area (Å²) in [6.45, 7) is 6.75. The molecular formula is C10H17N3. The predicted molar refractivity (Wildman–Crippen MR) is 55.4 cm³/mol. The first-order chi connectivity index (χ1) is 6.06. The van der Waals surface area contributed by atoms with Gasteiger partial charge in [0.2, 0.25) is 0 Å². The molecule has 3 nitrogen and oxygen atoms in total. The number of nitrogen functional groups attached to an aromatic ring is 1. The Morgan fingerprint density at radius 1 is 1.46 bits per heavy atom. The fourth-order valence-corrected chi connectivity index (χ4v) is 1.53. The number of aromatic nitrogens is 1. The summed E-state index contributed by atoms with van der Waals surface area (Å²) >= 11 is 0. The smallest absolute Gasteiger partial charge is 0.123 e. The molecule has 0 aromatic carbocycles. The molecule has 0 spiro atoms. The van der Waals surface area contributed by atoms with Gasteiger partial charge in [0.1, 0.15) is 5.82 Å². The van der Waals surface area contributed by atoms with E-state index in [2.05, 4.69) is 18.8 Å². The minimum Gasteiger partial charge on any atom is -0.384 e. The standard InChI is InChI=1S/C10H17N3/c1-6(2)8-4-10(12)13-7(3)9(8)5-11/h4,6H,5,11H2,1-3H3,(H2,12,13). The van der Waals surface area contributed by atoms with Crippen LogP contribution in [0.5, 0.6) is 0 Å². The summed E-state index contributed by atoms with van der Waals surface area (Å²) in [5.41, 5.74) is 14.6. The van der Waals surface area contributed by atoms with Crippen LogP contribution in [-0.2, 0) is 6.54 Å². The Morgan fingerprint density at radius 2 is 2.08 bits per heavy atom. The summed E-state index contributed by atoms with van der Waals surface area (Å²) in [5.74, 6) is 1.03. The zero-order chi connectivity index (χ0) is 10.0. The molecule has 0 aliphatic rings. The Kier molecular flexibility index (Phi) is 2.88. The average molecular weight is 179 g/mol. The summed E-state index contributed by atoms with van der Waals surface area (Å²) in [5, 5.41) is 0. The van der Waals surface area contributed by atoms with Crippen molar-refractivity contribution in [1.82, 2.24) is 4.98 Å². The van der Waals surface area contributed by atoms with E-state index in [1.165, 1.54) is 5.56 Å². The molecule has 0 bridgehead atoms. The number of nitrogens with zero attached hydrogens (tertiary/aromatic N) is 1. The van der Waals surface area contributed by atoms with Gasteiger partial charge in [0.05, 0.1) is 0 Å². The number of pyridine rings is 1. The van der Waals surface area contributed by atoms with Crippen LogP contribution < -0.4 is 11.5 Å². The van der Waals surface area contributed by atoms with Gasteiger partial charge in [0.25, 0.3) is 0 Å². The fourth-order valence-electron chi connectivity index (χ4n) is 1.53. The minimum atomic E-state index is 0.447. The monoisotopic (exact) mass is 179 g/mol.